The van der Waals surface area contributed by atoms with Crippen molar-refractivity contribution in [2.75, 3.05) is 20.3 Å². The fourth-order valence-electron chi connectivity index (χ4n) is 0.894. The molecule has 1 aliphatic heterocycles. The summed E-state index contributed by atoms with van der Waals surface area (Å²) in [6.07, 6.45) is 0.969. The summed E-state index contributed by atoms with van der Waals surface area (Å²) in [5.41, 5.74) is 0.0186. The Morgan fingerprint density at radius 2 is 2.00 bits per heavy atom. The molecule has 4 nitrogen and oxygen atoms in total. The first kappa shape index (κ1) is 10.2. The minimum absolute atomic E-state index is 0.0186. The Balaban J connectivity index is 2.55. The third kappa shape index (κ3) is 2.07. The average molecular weight is 193 g/mol. The van der Waals surface area contributed by atoms with Gasteiger partial charge in [-0.05, 0) is 13.5 Å². The largest absolute Gasteiger partial charge is 0.405 e. The Kier molecular flexibility index (Phi) is 2.94. The van der Waals surface area contributed by atoms with Crippen molar-refractivity contribution in [1.29, 1.82) is 0 Å². The molecule has 0 spiro atoms. The first-order valence-corrected chi connectivity index (χ1v) is 5.66. The molecule has 1 aliphatic rings. The molecule has 0 aromatic heterocycles. The molecule has 0 bridgehead atoms. The summed E-state index contributed by atoms with van der Waals surface area (Å²) < 4.78 is 21.7. The number of rotatable bonds is 2. The van der Waals surface area contributed by atoms with Crippen LogP contribution in [0.25, 0.3) is 0 Å². The van der Waals surface area contributed by atoms with Gasteiger partial charge in [-0.1, -0.05) is 13.8 Å². The molecule has 0 saturated carbocycles. The van der Waals surface area contributed by atoms with Gasteiger partial charge in [-0.3, -0.25) is 9.05 Å². The van der Waals surface area contributed by atoms with Gasteiger partial charge in [0.1, 0.15) is 0 Å². The van der Waals surface area contributed by atoms with Crippen molar-refractivity contribution < 1.29 is 13.6 Å². The molecule has 1 N–H and O–H groups in total. The Morgan fingerprint density at radius 1 is 1.50 bits per heavy atom. The van der Waals surface area contributed by atoms with Crippen LogP contribution >= 0.6 is 7.75 Å². The standard InChI is InChI=1S/C7H16NO3P/c1-4-7(2)5-10-12(9,8-3)11-6-7/h4-6H2,1-3H3,(H,8,9). The Hall–Kier alpha value is 0.110. The molecule has 1 heterocycles. The van der Waals surface area contributed by atoms with E-state index in [2.05, 4.69) is 18.9 Å². The van der Waals surface area contributed by atoms with Crippen molar-refractivity contribution in [2.45, 2.75) is 20.3 Å². The molecule has 72 valence electrons. The van der Waals surface area contributed by atoms with Crippen LogP contribution in [0, 0.1) is 5.41 Å². The zero-order valence-corrected chi connectivity index (χ0v) is 8.69. The summed E-state index contributed by atoms with van der Waals surface area (Å²) in [5, 5.41) is 2.55. The summed E-state index contributed by atoms with van der Waals surface area (Å²) in [7, 11) is -1.36. The van der Waals surface area contributed by atoms with E-state index in [1.165, 1.54) is 0 Å². The average Bonchev–Trinajstić information content (AvgIpc) is 2.11. The molecule has 0 atom stereocenters. The van der Waals surface area contributed by atoms with Gasteiger partial charge >= 0.3 is 7.75 Å². The predicted octanol–water partition coefficient (Wildman–Crippen LogP) is 1.78. The second-order valence-corrected chi connectivity index (χ2v) is 5.39. The fraction of sp³-hybridized carbons (Fsp3) is 1.00. The maximum absolute atomic E-state index is 11.5. The topological polar surface area (TPSA) is 47.6 Å². The lowest BCUT2D eigenvalue weighted by atomic mass is 9.90. The molecule has 1 rings (SSSR count). The molecular formula is C7H16NO3P. The summed E-state index contributed by atoms with van der Waals surface area (Å²) in [4.78, 5) is 0. The van der Waals surface area contributed by atoms with Crippen molar-refractivity contribution in [3.63, 3.8) is 0 Å². The van der Waals surface area contributed by atoms with E-state index in [1.807, 2.05) is 0 Å². The molecule has 0 aromatic carbocycles. The Morgan fingerprint density at radius 3 is 2.33 bits per heavy atom. The van der Waals surface area contributed by atoms with Crippen molar-refractivity contribution in [3.8, 4) is 0 Å². The first-order chi connectivity index (χ1) is 5.54. The molecule has 5 heteroatoms. The van der Waals surface area contributed by atoms with Crippen LogP contribution in [-0.4, -0.2) is 20.3 Å². The number of nitrogens with one attached hydrogen (secondary N) is 1. The van der Waals surface area contributed by atoms with E-state index < -0.39 is 7.75 Å². The highest BCUT2D eigenvalue weighted by atomic mass is 31.2. The van der Waals surface area contributed by atoms with Crippen molar-refractivity contribution in [3.05, 3.63) is 0 Å². The van der Waals surface area contributed by atoms with E-state index >= 15 is 0 Å². The van der Waals surface area contributed by atoms with Crippen LogP contribution in [0.4, 0.5) is 0 Å². The van der Waals surface area contributed by atoms with Crippen molar-refractivity contribution >= 4 is 7.75 Å². The van der Waals surface area contributed by atoms with Gasteiger partial charge in [0.25, 0.3) is 0 Å². The van der Waals surface area contributed by atoms with Gasteiger partial charge in [-0.25, -0.2) is 9.65 Å². The minimum Gasteiger partial charge on any atom is -0.296 e. The lowest BCUT2D eigenvalue weighted by Gasteiger charge is -2.35. The molecule has 0 amide bonds. The first-order valence-electron chi connectivity index (χ1n) is 4.12. The normalized spacial score (nSPS) is 42.9. The van der Waals surface area contributed by atoms with Crippen molar-refractivity contribution in [2.24, 2.45) is 5.41 Å². The maximum atomic E-state index is 11.5. The summed E-state index contributed by atoms with van der Waals surface area (Å²) in [5.74, 6) is 0. The summed E-state index contributed by atoms with van der Waals surface area (Å²) >= 11 is 0. The van der Waals surface area contributed by atoms with E-state index in [0.717, 1.165) is 6.42 Å². The summed E-state index contributed by atoms with van der Waals surface area (Å²) in [6, 6.07) is 0. The van der Waals surface area contributed by atoms with Crippen LogP contribution in [0.2, 0.25) is 0 Å². The van der Waals surface area contributed by atoms with Gasteiger partial charge in [0.15, 0.2) is 0 Å². The second-order valence-electron chi connectivity index (χ2n) is 3.43. The zero-order chi connectivity index (χ0) is 9.24. The molecule has 0 radical (unpaired) electrons. The third-order valence-corrected chi connectivity index (χ3v) is 3.78. The minimum atomic E-state index is -2.94. The summed E-state index contributed by atoms with van der Waals surface area (Å²) in [6.45, 7) is 5.14. The molecule has 1 saturated heterocycles. The fourth-order valence-corrected chi connectivity index (χ4v) is 2.19. The van der Waals surface area contributed by atoms with Gasteiger partial charge in [-0.15, -0.1) is 0 Å². The number of hydrogen-bond donors (Lipinski definition) is 1. The van der Waals surface area contributed by atoms with E-state index in [9.17, 15) is 4.57 Å². The highest BCUT2D eigenvalue weighted by molar-refractivity contribution is 7.51. The Labute approximate surface area is 73.2 Å². The highest BCUT2D eigenvalue weighted by Gasteiger charge is 2.37. The lowest BCUT2D eigenvalue weighted by molar-refractivity contribution is 0.0237. The Bertz CT molecular complexity index is 195. The van der Waals surface area contributed by atoms with Gasteiger partial charge in [-0.2, -0.15) is 0 Å². The lowest BCUT2D eigenvalue weighted by Crippen LogP contribution is -2.34. The van der Waals surface area contributed by atoms with E-state index in [0.29, 0.717) is 13.2 Å². The van der Waals surface area contributed by atoms with Crippen LogP contribution in [-0.2, 0) is 13.6 Å². The zero-order valence-electron chi connectivity index (χ0n) is 7.79. The van der Waals surface area contributed by atoms with Crippen LogP contribution in [0.1, 0.15) is 20.3 Å². The van der Waals surface area contributed by atoms with Gasteiger partial charge in [0.05, 0.1) is 13.2 Å². The van der Waals surface area contributed by atoms with Crippen LogP contribution in [0.3, 0.4) is 0 Å². The van der Waals surface area contributed by atoms with E-state index in [1.54, 1.807) is 7.05 Å². The van der Waals surface area contributed by atoms with Crippen LogP contribution in [0.5, 0.6) is 0 Å². The third-order valence-electron chi connectivity index (χ3n) is 2.29. The molecule has 12 heavy (non-hydrogen) atoms. The SMILES string of the molecule is CCC1(C)COP(=O)(NC)OC1. The quantitative estimate of drug-likeness (QED) is 0.679. The smallest absolute Gasteiger partial charge is 0.296 e. The van der Waals surface area contributed by atoms with Crippen molar-refractivity contribution in [1.82, 2.24) is 5.09 Å². The van der Waals surface area contributed by atoms with E-state index in [4.69, 9.17) is 9.05 Å². The molecule has 0 aromatic rings. The van der Waals surface area contributed by atoms with Crippen LogP contribution in [0.15, 0.2) is 0 Å². The van der Waals surface area contributed by atoms with Gasteiger partial charge in [0.2, 0.25) is 0 Å². The van der Waals surface area contributed by atoms with Gasteiger partial charge in [0, 0.05) is 5.41 Å². The second kappa shape index (κ2) is 3.46. The highest BCUT2D eigenvalue weighted by Crippen LogP contribution is 2.50. The monoisotopic (exact) mass is 193 g/mol. The maximum Gasteiger partial charge on any atom is 0.405 e. The van der Waals surface area contributed by atoms with Gasteiger partial charge < -0.3 is 0 Å². The predicted molar refractivity (Wildman–Crippen MR) is 47.0 cm³/mol. The van der Waals surface area contributed by atoms with Crippen LogP contribution < -0.4 is 5.09 Å². The molecular weight excluding hydrogens is 177 g/mol. The van der Waals surface area contributed by atoms with E-state index in [-0.39, 0.29) is 5.41 Å². The number of hydrogen-bond acceptors (Lipinski definition) is 3. The molecule has 0 aliphatic carbocycles. The molecule has 1 fully saturated rings. The molecule has 0 unspecified atom stereocenters.